The Balaban J connectivity index is 1.92. The highest BCUT2D eigenvalue weighted by atomic mass is 32.1. The van der Waals surface area contributed by atoms with Gasteiger partial charge >= 0.3 is 0 Å². The fourth-order valence-corrected chi connectivity index (χ4v) is 3.64. The number of carbonyl (C=O) groups excluding carboxylic acids is 1. The maximum Gasteiger partial charge on any atom is 0.224 e. The van der Waals surface area contributed by atoms with Crippen molar-refractivity contribution in [2.75, 3.05) is 19.5 Å². The molecule has 1 unspecified atom stereocenters. The minimum atomic E-state index is 0.100. The van der Waals surface area contributed by atoms with Gasteiger partial charge in [-0.3, -0.25) is 4.79 Å². The summed E-state index contributed by atoms with van der Waals surface area (Å²) in [6.07, 6.45) is 1.37. The van der Waals surface area contributed by atoms with E-state index in [4.69, 9.17) is 4.74 Å². The number of hydrogen-bond donors (Lipinski definition) is 2. The predicted octanol–water partition coefficient (Wildman–Crippen LogP) is 2.95. The normalized spacial score (nSPS) is 15.2. The quantitative estimate of drug-likeness (QED) is 0.913. The second-order valence-corrected chi connectivity index (χ2v) is 6.02. The summed E-state index contributed by atoms with van der Waals surface area (Å²) in [7, 11) is 3.64. The molecule has 21 heavy (non-hydrogen) atoms. The van der Waals surface area contributed by atoms with Crippen LogP contribution in [-0.4, -0.2) is 20.1 Å². The van der Waals surface area contributed by atoms with Gasteiger partial charge in [-0.15, -0.1) is 11.3 Å². The maximum atomic E-state index is 11.4. The van der Waals surface area contributed by atoms with Crippen LogP contribution in [0.4, 0.5) is 5.69 Å². The van der Waals surface area contributed by atoms with E-state index in [0.29, 0.717) is 6.42 Å². The molecule has 0 radical (unpaired) electrons. The van der Waals surface area contributed by atoms with Crippen LogP contribution in [0.2, 0.25) is 0 Å². The van der Waals surface area contributed by atoms with E-state index in [0.717, 1.165) is 17.9 Å². The molecule has 1 atom stereocenters. The van der Waals surface area contributed by atoms with Crippen molar-refractivity contribution in [3.8, 4) is 5.75 Å². The van der Waals surface area contributed by atoms with Gasteiger partial charge < -0.3 is 15.4 Å². The zero-order chi connectivity index (χ0) is 14.8. The van der Waals surface area contributed by atoms with Crippen molar-refractivity contribution >= 4 is 22.9 Å². The van der Waals surface area contributed by atoms with E-state index in [-0.39, 0.29) is 11.9 Å². The van der Waals surface area contributed by atoms with Gasteiger partial charge in [-0.1, -0.05) is 12.1 Å². The standard InChI is InChI=1S/C16H18N2O2S/c1-17-16(14-8-12(20-2)9-21-14)11-3-5-13-10(7-11)4-6-15(19)18-13/h3,5,7-9,16-17H,4,6H2,1-2H3,(H,18,19). The summed E-state index contributed by atoms with van der Waals surface area (Å²) in [6.45, 7) is 0. The molecule has 2 N–H and O–H groups in total. The second-order valence-electron chi connectivity index (χ2n) is 5.08. The Morgan fingerprint density at radius 3 is 2.90 bits per heavy atom. The first-order valence-electron chi connectivity index (χ1n) is 6.93. The molecule has 4 nitrogen and oxygen atoms in total. The second kappa shape index (κ2) is 5.87. The molecule has 110 valence electrons. The number of anilines is 1. The Morgan fingerprint density at radius 2 is 2.19 bits per heavy atom. The van der Waals surface area contributed by atoms with Crippen molar-refractivity contribution in [3.05, 3.63) is 45.6 Å². The third kappa shape index (κ3) is 2.80. The number of amides is 1. The summed E-state index contributed by atoms with van der Waals surface area (Å²) >= 11 is 1.68. The number of benzene rings is 1. The van der Waals surface area contributed by atoms with Crippen LogP contribution in [0.3, 0.4) is 0 Å². The van der Waals surface area contributed by atoms with Crippen LogP contribution in [0.1, 0.15) is 28.5 Å². The van der Waals surface area contributed by atoms with E-state index >= 15 is 0 Å². The molecule has 5 heteroatoms. The van der Waals surface area contributed by atoms with Crippen LogP contribution in [0, 0.1) is 0 Å². The van der Waals surface area contributed by atoms with E-state index in [2.05, 4.69) is 28.8 Å². The molecule has 1 amide bonds. The molecule has 2 heterocycles. The lowest BCUT2D eigenvalue weighted by Gasteiger charge is -2.21. The van der Waals surface area contributed by atoms with Gasteiger partial charge in [0.2, 0.25) is 5.91 Å². The largest absolute Gasteiger partial charge is 0.496 e. The monoisotopic (exact) mass is 302 g/mol. The molecule has 3 rings (SSSR count). The van der Waals surface area contributed by atoms with Gasteiger partial charge in [0.15, 0.2) is 0 Å². The topological polar surface area (TPSA) is 50.4 Å². The number of aryl methyl sites for hydroxylation is 1. The molecule has 1 aliphatic heterocycles. The highest BCUT2D eigenvalue weighted by Gasteiger charge is 2.19. The smallest absolute Gasteiger partial charge is 0.224 e. The number of carbonyl (C=O) groups is 1. The van der Waals surface area contributed by atoms with Gasteiger partial charge in [0.25, 0.3) is 0 Å². The van der Waals surface area contributed by atoms with Gasteiger partial charge in [-0.25, -0.2) is 0 Å². The summed E-state index contributed by atoms with van der Waals surface area (Å²) in [5.74, 6) is 0.990. The first-order chi connectivity index (χ1) is 10.2. The summed E-state index contributed by atoms with van der Waals surface area (Å²) < 4.78 is 5.26. The first-order valence-corrected chi connectivity index (χ1v) is 7.81. The Hall–Kier alpha value is -1.85. The Kier molecular flexibility index (Phi) is 3.94. The van der Waals surface area contributed by atoms with E-state index in [1.54, 1.807) is 18.4 Å². The van der Waals surface area contributed by atoms with Crippen LogP contribution < -0.4 is 15.4 Å². The van der Waals surface area contributed by atoms with Crippen LogP contribution >= 0.6 is 11.3 Å². The van der Waals surface area contributed by atoms with Crippen molar-refractivity contribution in [1.82, 2.24) is 5.32 Å². The molecule has 0 fully saturated rings. The molecule has 0 saturated carbocycles. The minimum Gasteiger partial charge on any atom is -0.496 e. The van der Waals surface area contributed by atoms with Crippen LogP contribution in [0.5, 0.6) is 5.75 Å². The molecule has 0 aliphatic carbocycles. The van der Waals surface area contributed by atoms with Gasteiger partial charge in [0.05, 0.1) is 13.2 Å². The van der Waals surface area contributed by atoms with Gasteiger partial charge in [-0.05, 0) is 36.7 Å². The van der Waals surface area contributed by atoms with Crippen molar-refractivity contribution in [1.29, 1.82) is 0 Å². The van der Waals surface area contributed by atoms with E-state index < -0.39 is 0 Å². The number of hydrogen-bond acceptors (Lipinski definition) is 4. The van der Waals surface area contributed by atoms with Gasteiger partial charge in [0, 0.05) is 22.4 Å². The number of thiophene rings is 1. The molecule has 0 bridgehead atoms. The maximum absolute atomic E-state index is 11.4. The minimum absolute atomic E-state index is 0.100. The first kappa shape index (κ1) is 14.1. The predicted molar refractivity (Wildman–Crippen MR) is 85.2 cm³/mol. The third-order valence-corrected chi connectivity index (χ3v) is 4.74. The third-order valence-electron chi connectivity index (χ3n) is 3.76. The van der Waals surface area contributed by atoms with Crippen molar-refractivity contribution in [2.24, 2.45) is 0 Å². The van der Waals surface area contributed by atoms with E-state index in [9.17, 15) is 4.79 Å². The lowest BCUT2D eigenvalue weighted by molar-refractivity contribution is -0.116. The zero-order valence-corrected chi connectivity index (χ0v) is 12.9. The van der Waals surface area contributed by atoms with Crippen LogP contribution in [-0.2, 0) is 11.2 Å². The summed E-state index contributed by atoms with van der Waals surface area (Å²) in [5, 5.41) is 8.29. The lowest BCUT2D eigenvalue weighted by Crippen LogP contribution is -2.21. The lowest BCUT2D eigenvalue weighted by atomic mass is 9.96. The summed E-state index contributed by atoms with van der Waals surface area (Å²) in [6, 6.07) is 8.45. The molecule has 1 aromatic heterocycles. The number of methoxy groups -OCH3 is 1. The molecular formula is C16H18N2O2S. The average Bonchev–Trinajstić information content (AvgIpc) is 2.97. The van der Waals surface area contributed by atoms with E-state index in [1.165, 1.54) is 16.0 Å². The number of rotatable bonds is 4. The molecule has 0 spiro atoms. The highest BCUT2D eigenvalue weighted by molar-refractivity contribution is 7.10. The number of ether oxygens (including phenoxy) is 1. The van der Waals surface area contributed by atoms with Gasteiger partial charge in [-0.2, -0.15) is 0 Å². The van der Waals surface area contributed by atoms with E-state index in [1.807, 2.05) is 18.5 Å². The summed E-state index contributed by atoms with van der Waals surface area (Å²) in [4.78, 5) is 12.6. The van der Waals surface area contributed by atoms with Crippen LogP contribution in [0.25, 0.3) is 0 Å². The molecular weight excluding hydrogens is 284 g/mol. The fourth-order valence-electron chi connectivity index (χ4n) is 2.65. The highest BCUT2D eigenvalue weighted by Crippen LogP contribution is 2.33. The fraction of sp³-hybridized carbons (Fsp3) is 0.312. The molecule has 2 aromatic rings. The molecule has 0 saturated heterocycles. The van der Waals surface area contributed by atoms with Crippen molar-refractivity contribution < 1.29 is 9.53 Å². The van der Waals surface area contributed by atoms with Crippen LogP contribution in [0.15, 0.2) is 29.6 Å². The Morgan fingerprint density at radius 1 is 1.33 bits per heavy atom. The SMILES string of the molecule is CNC(c1ccc2c(c1)CCC(=O)N2)c1cc(OC)cs1. The Bertz CT molecular complexity index is 666. The molecule has 1 aliphatic rings. The van der Waals surface area contributed by atoms with Crippen molar-refractivity contribution in [2.45, 2.75) is 18.9 Å². The number of fused-ring (bicyclic) bond motifs is 1. The molecule has 1 aromatic carbocycles. The summed E-state index contributed by atoms with van der Waals surface area (Å²) in [5.41, 5.74) is 3.35. The zero-order valence-electron chi connectivity index (χ0n) is 12.1. The van der Waals surface area contributed by atoms with Crippen molar-refractivity contribution in [3.63, 3.8) is 0 Å². The van der Waals surface area contributed by atoms with Gasteiger partial charge in [0.1, 0.15) is 5.75 Å². The average molecular weight is 302 g/mol. The Labute approximate surface area is 128 Å². The number of nitrogens with one attached hydrogen (secondary N) is 2.